The van der Waals surface area contributed by atoms with Gasteiger partial charge in [0.2, 0.25) is 5.91 Å². The fourth-order valence-electron chi connectivity index (χ4n) is 2.09. The number of aliphatic carboxylic acids is 1. The fraction of sp³-hybridized carbons (Fsp3) is 0.818. The Balaban J connectivity index is 1.77. The third-order valence-electron chi connectivity index (χ3n) is 3.58. The maximum Gasteiger partial charge on any atom is 0.311 e. The summed E-state index contributed by atoms with van der Waals surface area (Å²) in [7, 11) is 0. The van der Waals surface area contributed by atoms with Crippen molar-refractivity contribution in [2.45, 2.75) is 25.7 Å². The molecule has 1 heterocycles. The Hall–Kier alpha value is -1.10. The molecule has 0 unspecified atom stereocenters. The topological polar surface area (TPSA) is 78.4 Å². The highest BCUT2D eigenvalue weighted by Crippen LogP contribution is 2.45. The fourth-order valence-corrected chi connectivity index (χ4v) is 2.09. The van der Waals surface area contributed by atoms with Crippen molar-refractivity contribution in [3.8, 4) is 0 Å². The van der Waals surface area contributed by atoms with Gasteiger partial charge < -0.3 is 15.7 Å². The van der Waals surface area contributed by atoms with Gasteiger partial charge in [0.25, 0.3) is 0 Å². The molecule has 0 bridgehead atoms. The number of carbonyl (C=O) groups is 2. The molecular formula is C11H18N2O3. The molecule has 0 aromatic heterocycles. The minimum absolute atomic E-state index is 0.000255. The summed E-state index contributed by atoms with van der Waals surface area (Å²) < 4.78 is 0. The van der Waals surface area contributed by atoms with Gasteiger partial charge in [0.15, 0.2) is 0 Å². The van der Waals surface area contributed by atoms with Gasteiger partial charge in [-0.25, -0.2) is 0 Å². The molecule has 1 saturated heterocycles. The quantitative estimate of drug-likeness (QED) is 0.629. The molecule has 0 aromatic rings. The van der Waals surface area contributed by atoms with E-state index in [1.165, 1.54) is 0 Å². The Morgan fingerprint density at radius 1 is 1.44 bits per heavy atom. The van der Waals surface area contributed by atoms with Gasteiger partial charge in [0.05, 0.1) is 11.3 Å². The molecule has 2 rings (SSSR count). The van der Waals surface area contributed by atoms with Gasteiger partial charge >= 0.3 is 5.97 Å². The van der Waals surface area contributed by atoms with E-state index in [1.54, 1.807) is 0 Å². The molecule has 5 nitrogen and oxygen atoms in total. The van der Waals surface area contributed by atoms with Gasteiger partial charge in [0, 0.05) is 13.1 Å². The number of carbonyl (C=O) groups excluding carboxylic acids is 1. The minimum atomic E-state index is -0.783. The third-order valence-corrected chi connectivity index (χ3v) is 3.58. The predicted octanol–water partition coefficient (Wildman–Crippen LogP) is -0.0330. The maximum absolute atomic E-state index is 11.8. The van der Waals surface area contributed by atoms with Gasteiger partial charge in [0.1, 0.15) is 0 Å². The number of carboxylic acids is 1. The van der Waals surface area contributed by atoms with Crippen molar-refractivity contribution in [3.05, 3.63) is 0 Å². The molecule has 90 valence electrons. The van der Waals surface area contributed by atoms with Crippen LogP contribution in [0.1, 0.15) is 25.7 Å². The second-order valence-corrected chi connectivity index (χ2v) is 4.85. The van der Waals surface area contributed by atoms with Crippen LogP contribution < -0.4 is 10.6 Å². The Kier molecular flexibility index (Phi) is 3.14. The van der Waals surface area contributed by atoms with E-state index in [1.807, 2.05) is 0 Å². The van der Waals surface area contributed by atoms with Crippen LogP contribution in [0.25, 0.3) is 0 Å². The summed E-state index contributed by atoms with van der Waals surface area (Å²) in [6.07, 6.45) is 3.29. The summed E-state index contributed by atoms with van der Waals surface area (Å²) in [4.78, 5) is 22.7. The molecule has 1 aliphatic carbocycles. The molecule has 2 aliphatic rings. The molecular weight excluding hydrogens is 208 g/mol. The average molecular weight is 226 g/mol. The van der Waals surface area contributed by atoms with Crippen LogP contribution in [0.5, 0.6) is 0 Å². The van der Waals surface area contributed by atoms with E-state index in [2.05, 4.69) is 10.6 Å². The van der Waals surface area contributed by atoms with Crippen LogP contribution in [0.3, 0.4) is 0 Å². The number of rotatable bonds is 4. The highest BCUT2D eigenvalue weighted by Gasteiger charge is 2.50. The number of amides is 1. The summed E-state index contributed by atoms with van der Waals surface area (Å²) in [5.74, 6) is -0.771. The van der Waals surface area contributed by atoms with Gasteiger partial charge in [-0.1, -0.05) is 0 Å². The molecule has 0 radical (unpaired) electrons. The molecule has 1 amide bonds. The highest BCUT2D eigenvalue weighted by atomic mass is 16.4. The Morgan fingerprint density at radius 2 is 2.19 bits per heavy atom. The molecule has 5 heteroatoms. The highest BCUT2D eigenvalue weighted by molar-refractivity contribution is 5.82. The van der Waals surface area contributed by atoms with Crippen LogP contribution in [0.4, 0.5) is 0 Å². The molecule has 1 saturated carbocycles. The predicted molar refractivity (Wildman–Crippen MR) is 57.9 cm³/mol. The zero-order valence-electron chi connectivity index (χ0n) is 9.29. The normalized spacial score (nSPS) is 27.1. The lowest BCUT2D eigenvalue weighted by Crippen LogP contribution is -2.43. The van der Waals surface area contributed by atoms with Crippen molar-refractivity contribution in [3.63, 3.8) is 0 Å². The monoisotopic (exact) mass is 226 g/mol. The zero-order valence-corrected chi connectivity index (χ0v) is 9.29. The van der Waals surface area contributed by atoms with Crippen LogP contribution in [0, 0.1) is 11.3 Å². The lowest BCUT2D eigenvalue weighted by molar-refractivity contribution is -0.143. The summed E-state index contributed by atoms with van der Waals surface area (Å²) in [5, 5.41) is 14.9. The first-order valence-electron chi connectivity index (χ1n) is 5.86. The maximum atomic E-state index is 11.8. The number of carboxylic acid groups (broad SMARTS) is 1. The van der Waals surface area contributed by atoms with Crippen molar-refractivity contribution in [2.75, 3.05) is 19.6 Å². The Bertz CT molecular complexity index is 294. The summed E-state index contributed by atoms with van der Waals surface area (Å²) in [6, 6.07) is 0. The lowest BCUT2D eigenvalue weighted by Gasteiger charge is -2.22. The summed E-state index contributed by atoms with van der Waals surface area (Å²) in [6.45, 7) is 1.98. The van der Waals surface area contributed by atoms with Crippen LogP contribution in [-0.2, 0) is 9.59 Å². The average Bonchev–Trinajstić information content (AvgIpc) is 3.08. The Labute approximate surface area is 94.6 Å². The number of hydrogen-bond donors (Lipinski definition) is 3. The molecule has 2 fully saturated rings. The number of hydrogen-bond acceptors (Lipinski definition) is 3. The summed E-state index contributed by atoms with van der Waals surface area (Å²) >= 11 is 0. The van der Waals surface area contributed by atoms with Crippen molar-refractivity contribution in [1.82, 2.24) is 10.6 Å². The molecule has 16 heavy (non-hydrogen) atoms. The summed E-state index contributed by atoms with van der Waals surface area (Å²) in [5.41, 5.74) is -0.655. The van der Waals surface area contributed by atoms with Crippen LogP contribution in [0.15, 0.2) is 0 Å². The SMILES string of the molecule is O=C(NCC1(C(=O)O)CC1)[C@@H]1CCCNC1. The zero-order chi connectivity index (χ0) is 11.6. The van der Waals surface area contributed by atoms with Gasteiger partial charge in [-0.2, -0.15) is 0 Å². The van der Waals surface area contributed by atoms with Crippen molar-refractivity contribution < 1.29 is 14.7 Å². The molecule has 0 aromatic carbocycles. The van der Waals surface area contributed by atoms with E-state index in [0.29, 0.717) is 19.4 Å². The van der Waals surface area contributed by atoms with Crippen LogP contribution in [-0.4, -0.2) is 36.6 Å². The van der Waals surface area contributed by atoms with E-state index in [9.17, 15) is 9.59 Å². The minimum Gasteiger partial charge on any atom is -0.481 e. The second-order valence-electron chi connectivity index (χ2n) is 4.85. The van der Waals surface area contributed by atoms with Crippen LogP contribution >= 0.6 is 0 Å². The van der Waals surface area contributed by atoms with Gasteiger partial charge in [-0.05, 0) is 32.2 Å². The molecule has 3 N–H and O–H groups in total. The van der Waals surface area contributed by atoms with E-state index >= 15 is 0 Å². The van der Waals surface area contributed by atoms with Crippen LogP contribution in [0.2, 0.25) is 0 Å². The van der Waals surface area contributed by atoms with Gasteiger partial charge in [-0.3, -0.25) is 9.59 Å². The standard InChI is InChI=1S/C11H18N2O3/c14-9(8-2-1-5-12-6-8)13-7-11(3-4-11)10(15)16/h8,12H,1-7H2,(H,13,14)(H,15,16)/t8-/m1/s1. The largest absolute Gasteiger partial charge is 0.481 e. The van der Waals surface area contributed by atoms with E-state index in [-0.39, 0.29) is 18.4 Å². The Morgan fingerprint density at radius 3 is 2.69 bits per heavy atom. The van der Waals surface area contributed by atoms with E-state index in [4.69, 9.17) is 5.11 Å². The molecule has 0 spiro atoms. The smallest absolute Gasteiger partial charge is 0.311 e. The number of nitrogens with one attached hydrogen (secondary N) is 2. The second kappa shape index (κ2) is 4.41. The van der Waals surface area contributed by atoms with E-state index < -0.39 is 11.4 Å². The molecule has 1 aliphatic heterocycles. The van der Waals surface area contributed by atoms with Crippen molar-refractivity contribution in [1.29, 1.82) is 0 Å². The number of piperidine rings is 1. The first kappa shape index (κ1) is 11.4. The molecule has 1 atom stereocenters. The lowest BCUT2D eigenvalue weighted by atomic mass is 9.98. The first-order valence-corrected chi connectivity index (χ1v) is 5.86. The third kappa shape index (κ3) is 2.35. The van der Waals surface area contributed by atoms with E-state index in [0.717, 1.165) is 19.4 Å². The van der Waals surface area contributed by atoms with Gasteiger partial charge in [-0.15, -0.1) is 0 Å². The first-order chi connectivity index (χ1) is 7.64. The van der Waals surface area contributed by atoms with Crippen molar-refractivity contribution in [2.24, 2.45) is 11.3 Å². The van der Waals surface area contributed by atoms with Crippen molar-refractivity contribution >= 4 is 11.9 Å².